The van der Waals surface area contributed by atoms with Crippen LogP contribution in [0.25, 0.3) is 0 Å². The third-order valence-corrected chi connectivity index (χ3v) is 2.97. The lowest BCUT2D eigenvalue weighted by molar-refractivity contribution is 0.0951. The second-order valence-corrected chi connectivity index (χ2v) is 4.50. The highest BCUT2D eigenvalue weighted by molar-refractivity contribution is 5.94. The molecule has 2 aromatic carbocycles. The highest BCUT2D eigenvalue weighted by Gasteiger charge is 2.04. The van der Waals surface area contributed by atoms with Crippen LogP contribution in [-0.2, 0) is 0 Å². The Balaban J connectivity index is 1.67. The Hall–Kier alpha value is -2.49. The van der Waals surface area contributed by atoms with Gasteiger partial charge in [-0.25, -0.2) is 0 Å². The maximum absolute atomic E-state index is 11.9. The topological polar surface area (TPSA) is 47.6 Å². The number of amides is 1. The summed E-state index contributed by atoms with van der Waals surface area (Å²) in [6.07, 6.45) is 0.761. The molecule has 2 rings (SSSR count). The number of para-hydroxylation sites is 1. The number of carbonyl (C=O) groups excluding carboxylic acids is 1. The van der Waals surface area contributed by atoms with E-state index in [1.165, 1.54) is 0 Å². The van der Waals surface area contributed by atoms with Crippen LogP contribution in [0, 0.1) is 0 Å². The molecule has 0 saturated heterocycles. The van der Waals surface area contributed by atoms with Gasteiger partial charge in [0.15, 0.2) is 0 Å². The van der Waals surface area contributed by atoms with Gasteiger partial charge in [-0.3, -0.25) is 4.79 Å². The normalized spacial score (nSPS) is 9.95. The van der Waals surface area contributed by atoms with Crippen molar-refractivity contribution in [1.82, 2.24) is 5.32 Å². The maximum Gasteiger partial charge on any atom is 0.251 e. The molecule has 0 heterocycles. The predicted molar refractivity (Wildman–Crippen MR) is 81.9 cm³/mol. The lowest BCUT2D eigenvalue weighted by atomic mass is 10.2. The van der Waals surface area contributed by atoms with E-state index in [0.29, 0.717) is 18.7 Å². The number of hydrogen-bond acceptors (Lipinski definition) is 3. The molecule has 0 aromatic heterocycles. The molecule has 0 spiro atoms. The van der Waals surface area contributed by atoms with Crippen LogP contribution >= 0.6 is 0 Å². The molecule has 0 bridgehead atoms. The van der Waals surface area contributed by atoms with E-state index >= 15 is 0 Å². The summed E-state index contributed by atoms with van der Waals surface area (Å²) in [4.78, 5) is 11.9. The first kappa shape index (κ1) is 14.9. The average Bonchev–Trinajstić information content (AvgIpc) is 2.55. The number of hydrogen-bond donors (Lipinski definition) is 1. The lowest BCUT2D eigenvalue weighted by Gasteiger charge is -2.07. The van der Waals surface area contributed by atoms with Crippen LogP contribution in [0.15, 0.2) is 54.6 Å². The SMILES string of the molecule is COc1ccc(C(=O)NCCCOc2ccccc2)cc1. The van der Waals surface area contributed by atoms with E-state index in [1.54, 1.807) is 31.4 Å². The van der Waals surface area contributed by atoms with Gasteiger partial charge in [0.25, 0.3) is 5.91 Å². The minimum absolute atomic E-state index is 0.0858. The van der Waals surface area contributed by atoms with Gasteiger partial charge < -0.3 is 14.8 Å². The van der Waals surface area contributed by atoms with Gasteiger partial charge in [0.2, 0.25) is 0 Å². The number of methoxy groups -OCH3 is 1. The molecule has 0 radical (unpaired) electrons. The molecule has 0 saturated carbocycles. The van der Waals surface area contributed by atoms with E-state index in [-0.39, 0.29) is 5.91 Å². The number of benzene rings is 2. The van der Waals surface area contributed by atoms with Crippen molar-refractivity contribution in [2.75, 3.05) is 20.3 Å². The van der Waals surface area contributed by atoms with Gasteiger partial charge in [0, 0.05) is 12.1 Å². The standard InChI is InChI=1S/C17H19NO3/c1-20-15-10-8-14(9-11-15)17(19)18-12-5-13-21-16-6-3-2-4-7-16/h2-4,6-11H,5,12-13H2,1H3,(H,18,19). The summed E-state index contributed by atoms with van der Waals surface area (Å²) in [5.74, 6) is 1.50. The molecule has 110 valence electrons. The monoisotopic (exact) mass is 285 g/mol. The summed E-state index contributed by atoms with van der Waals surface area (Å²) in [6, 6.07) is 16.7. The molecule has 21 heavy (non-hydrogen) atoms. The predicted octanol–water partition coefficient (Wildman–Crippen LogP) is 2.89. The van der Waals surface area contributed by atoms with E-state index in [1.807, 2.05) is 30.3 Å². The lowest BCUT2D eigenvalue weighted by Crippen LogP contribution is -2.25. The van der Waals surface area contributed by atoms with E-state index in [0.717, 1.165) is 17.9 Å². The van der Waals surface area contributed by atoms with Crippen LogP contribution in [0.5, 0.6) is 11.5 Å². The Morgan fingerprint density at radius 2 is 1.71 bits per heavy atom. The molecule has 2 aromatic rings. The third-order valence-electron chi connectivity index (χ3n) is 2.97. The highest BCUT2D eigenvalue weighted by atomic mass is 16.5. The quantitative estimate of drug-likeness (QED) is 0.796. The summed E-state index contributed by atoms with van der Waals surface area (Å²) in [5, 5.41) is 2.86. The van der Waals surface area contributed by atoms with Gasteiger partial charge in [-0.1, -0.05) is 18.2 Å². The second-order valence-electron chi connectivity index (χ2n) is 4.50. The number of ether oxygens (including phenoxy) is 2. The summed E-state index contributed by atoms with van der Waals surface area (Å²) in [6.45, 7) is 1.16. The summed E-state index contributed by atoms with van der Waals surface area (Å²) in [5.41, 5.74) is 0.625. The molecule has 0 aliphatic rings. The van der Waals surface area contributed by atoms with E-state index in [4.69, 9.17) is 9.47 Å². The smallest absolute Gasteiger partial charge is 0.251 e. The fourth-order valence-electron chi connectivity index (χ4n) is 1.83. The van der Waals surface area contributed by atoms with Crippen LogP contribution in [0.4, 0.5) is 0 Å². The number of carbonyl (C=O) groups is 1. The van der Waals surface area contributed by atoms with Crippen molar-refractivity contribution in [3.63, 3.8) is 0 Å². The third kappa shape index (κ3) is 4.84. The zero-order valence-electron chi connectivity index (χ0n) is 12.0. The first-order valence-electron chi connectivity index (χ1n) is 6.89. The van der Waals surface area contributed by atoms with Crippen molar-refractivity contribution in [3.05, 3.63) is 60.2 Å². The van der Waals surface area contributed by atoms with Crippen molar-refractivity contribution in [2.24, 2.45) is 0 Å². The Bertz CT molecular complexity index is 552. The van der Waals surface area contributed by atoms with Crippen molar-refractivity contribution >= 4 is 5.91 Å². The minimum atomic E-state index is -0.0858. The molecule has 0 atom stereocenters. The highest BCUT2D eigenvalue weighted by Crippen LogP contribution is 2.11. The fourth-order valence-corrected chi connectivity index (χ4v) is 1.83. The number of nitrogens with one attached hydrogen (secondary N) is 1. The molecular formula is C17H19NO3. The van der Waals surface area contributed by atoms with Gasteiger partial charge in [0.05, 0.1) is 13.7 Å². The van der Waals surface area contributed by atoms with Gasteiger partial charge in [-0.2, -0.15) is 0 Å². The molecule has 4 heteroatoms. The zero-order chi connectivity index (χ0) is 14.9. The van der Waals surface area contributed by atoms with Crippen LogP contribution in [0.3, 0.4) is 0 Å². The van der Waals surface area contributed by atoms with E-state index in [9.17, 15) is 4.79 Å². The van der Waals surface area contributed by atoms with Gasteiger partial charge in [0.1, 0.15) is 11.5 Å². The molecule has 1 amide bonds. The van der Waals surface area contributed by atoms with Crippen LogP contribution in [0.2, 0.25) is 0 Å². The van der Waals surface area contributed by atoms with E-state index < -0.39 is 0 Å². The Kier molecular flexibility index (Phi) is 5.64. The largest absolute Gasteiger partial charge is 0.497 e. The van der Waals surface area contributed by atoms with Crippen molar-refractivity contribution in [1.29, 1.82) is 0 Å². The van der Waals surface area contributed by atoms with Gasteiger partial charge >= 0.3 is 0 Å². The van der Waals surface area contributed by atoms with Crippen molar-refractivity contribution < 1.29 is 14.3 Å². The molecule has 0 aliphatic carbocycles. The molecule has 0 fully saturated rings. The minimum Gasteiger partial charge on any atom is -0.497 e. The fraction of sp³-hybridized carbons (Fsp3) is 0.235. The second kappa shape index (κ2) is 7.94. The van der Waals surface area contributed by atoms with Crippen LogP contribution < -0.4 is 14.8 Å². The maximum atomic E-state index is 11.9. The summed E-state index contributed by atoms with van der Waals surface area (Å²) in [7, 11) is 1.60. The molecular weight excluding hydrogens is 266 g/mol. The molecule has 0 aliphatic heterocycles. The zero-order valence-corrected chi connectivity index (χ0v) is 12.0. The van der Waals surface area contributed by atoms with Crippen molar-refractivity contribution in [3.8, 4) is 11.5 Å². The van der Waals surface area contributed by atoms with Gasteiger partial charge in [-0.05, 0) is 42.8 Å². The Morgan fingerprint density at radius 1 is 1.00 bits per heavy atom. The van der Waals surface area contributed by atoms with Crippen LogP contribution in [0.1, 0.15) is 16.8 Å². The van der Waals surface area contributed by atoms with Gasteiger partial charge in [-0.15, -0.1) is 0 Å². The first-order valence-corrected chi connectivity index (χ1v) is 6.89. The Labute approximate surface area is 124 Å². The van der Waals surface area contributed by atoms with E-state index in [2.05, 4.69) is 5.32 Å². The average molecular weight is 285 g/mol. The molecule has 4 nitrogen and oxygen atoms in total. The molecule has 1 N–H and O–H groups in total. The Morgan fingerprint density at radius 3 is 2.38 bits per heavy atom. The van der Waals surface area contributed by atoms with Crippen molar-refractivity contribution in [2.45, 2.75) is 6.42 Å². The molecule has 0 unspecified atom stereocenters. The summed E-state index contributed by atoms with van der Waals surface area (Å²) < 4.78 is 10.6. The van der Waals surface area contributed by atoms with Crippen LogP contribution in [-0.4, -0.2) is 26.2 Å². The number of rotatable bonds is 7. The first-order chi connectivity index (χ1) is 10.3. The summed E-state index contributed by atoms with van der Waals surface area (Å²) >= 11 is 0.